The van der Waals surface area contributed by atoms with Crippen LogP contribution >= 0.6 is 0 Å². The van der Waals surface area contributed by atoms with Crippen LogP contribution < -0.4 is 10.0 Å². The van der Waals surface area contributed by atoms with Crippen molar-refractivity contribution in [3.8, 4) is 0 Å². The van der Waals surface area contributed by atoms with Crippen molar-refractivity contribution in [2.45, 2.75) is 30.3 Å². The number of rotatable bonds is 7. The van der Waals surface area contributed by atoms with Gasteiger partial charge in [-0.2, -0.15) is 0 Å². The molecule has 0 atom stereocenters. The zero-order chi connectivity index (χ0) is 18.7. The number of nitro benzene ring substituents is 1. The molecule has 0 saturated heterocycles. The molecule has 0 spiro atoms. The summed E-state index contributed by atoms with van der Waals surface area (Å²) in [5, 5.41) is 13.6. The topological polar surface area (TPSA) is 118 Å². The summed E-state index contributed by atoms with van der Waals surface area (Å²) in [5.41, 5.74) is 0.591. The maximum atomic E-state index is 12.2. The predicted octanol–water partition coefficient (Wildman–Crippen LogP) is 1.97. The van der Waals surface area contributed by atoms with Gasteiger partial charge in [-0.05, 0) is 37.1 Å². The zero-order valence-electron chi connectivity index (χ0n) is 13.7. The number of nitrogens with zero attached hydrogens (tertiary/aromatic N) is 1. The largest absolute Gasteiger partial charge is 0.348 e. The molecule has 2 N–H and O–H groups in total. The first-order valence-electron chi connectivity index (χ1n) is 8.00. The highest BCUT2D eigenvalue weighted by Crippen LogP contribution is 2.22. The first-order valence-corrected chi connectivity index (χ1v) is 9.48. The van der Waals surface area contributed by atoms with Crippen LogP contribution in [0.25, 0.3) is 0 Å². The third kappa shape index (κ3) is 4.24. The van der Waals surface area contributed by atoms with Crippen LogP contribution in [0.1, 0.15) is 28.8 Å². The van der Waals surface area contributed by atoms with Gasteiger partial charge < -0.3 is 5.32 Å². The standard InChI is InChI=1S/C17H17N3O5S/c21-17(18-11-13-3-1-2-4-16(13)20(22)23)12-5-9-15(10-6-12)26(24,25)19-14-7-8-14/h1-6,9-10,14,19H,7-8,11H2,(H,18,21). The van der Waals surface area contributed by atoms with E-state index >= 15 is 0 Å². The number of benzene rings is 2. The molecule has 3 rings (SSSR count). The molecule has 1 aliphatic carbocycles. The minimum Gasteiger partial charge on any atom is -0.348 e. The van der Waals surface area contributed by atoms with Crippen molar-refractivity contribution in [2.24, 2.45) is 0 Å². The van der Waals surface area contributed by atoms with Crippen molar-refractivity contribution in [3.05, 3.63) is 69.8 Å². The van der Waals surface area contributed by atoms with Gasteiger partial charge in [-0.3, -0.25) is 14.9 Å². The van der Waals surface area contributed by atoms with Crippen molar-refractivity contribution in [3.63, 3.8) is 0 Å². The molecule has 0 unspecified atom stereocenters. The number of carbonyl (C=O) groups excluding carboxylic acids is 1. The molecule has 0 radical (unpaired) electrons. The Hall–Kier alpha value is -2.78. The molecule has 8 nitrogen and oxygen atoms in total. The second kappa shape index (κ2) is 7.22. The van der Waals surface area contributed by atoms with E-state index in [1.807, 2.05) is 0 Å². The molecular formula is C17H17N3O5S. The summed E-state index contributed by atoms with van der Waals surface area (Å²) in [4.78, 5) is 22.8. The second-order valence-corrected chi connectivity index (χ2v) is 7.70. The summed E-state index contributed by atoms with van der Waals surface area (Å²) in [5.74, 6) is -0.442. The lowest BCUT2D eigenvalue weighted by Crippen LogP contribution is -2.26. The molecule has 1 fully saturated rings. The molecule has 9 heteroatoms. The number of sulfonamides is 1. The van der Waals surface area contributed by atoms with E-state index in [9.17, 15) is 23.3 Å². The van der Waals surface area contributed by atoms with Crippen LogP contribution in [0.4, 0.5) is 5.69 Å². The Morgan fingerprint density at radius 3 is 2.38 bits per heavy atom. The van der Waals surface area contributed by atoms with Gasteiger partial charge in [0, 0.05) is 29.8 Å². The molecule has 0 bridgehead atoms. The van der Waals surface area contributed by atoms with Crippen LogP contribution in [0.3, 0.4) is 0 Å². The quantitative estimate of drug-likeness (QED) is 0.566. The fourth-order valence-corrected chi connectivity index (χ4v) is 3.70. The predicted molar refractivity (Wildman–Crippen MR) is 94.1 cm³/mol. The highest BCUT2D eigenvalue weighted by atomic mass is 32.2. The lowest BCUT2D eigenvalue weighted by atomic mass is 10.1. The van der Waals surface area contributed by atoms with Crippen molar-refractivity contribution in [1.29, 1.82) is 0 Å². The van der Waals surface area contributed by atoms with Gasteiger partial charge in [0.1, 0.15) is 0 Å². The summed E-state index contributed by atoms with van der Waals surface area (Å²) < 4.78 is 26.8. The fraction of sp³-hybridized carbons (Fsp3) is 0.235. The number of hydrogen-bond donors (Lipinski definition) is 2. The molecule has 136 valence electrons. The summed E-state index contributed by atoms with van der Waals surface area (Å²) in [7, 11) is -3.57. The summed E-state index contributed by atoms with van der Waals surface area (Å²) in [6.45, 7) is -0.000722. The normalized spacial score (nSPS) is 14.0. The summed E-state index contributed by atoms with van der Waals surface area (Å²) >= 11 is 0. The third-order valence-electron chi connectivity index (χ3n) is 3.95. The van der Waals surface area contributed by atoms with Crippen LogP contribution in [0, 0.1) is 10.1 Å². The Balaban J connectivity index is 1.66. The SMILES string of the molecule is O=C(NCc1ccccc1[N+](=O)[O-])c1ccc(S(=O)(=O)NC2CC2)cc1. The zero-order valence-corrected chi connectivity index (χ0v) is 14.5. The van der Waals surface area contributed by atoms with Crippen LogP contribution in [-0.2, 0) is 16.6 Å². The first kappa shape index (κ1) is 18.0. The Bertz CT molecular complexity index is 937. The van der Waals surface area contributed by atoms with E-state index in [1.165, 1.54) is 30.3 Å². The number of carbonyl (C=O) groups is 1. The smallest absolute Gasteiger partial charge is 0.274 e. The minimum absolute atomic E-state index is 0.000722. The van der Waals surface area contributed by atoms with Gasteiger partial charge in [0.25, 0.3) is 11.6 Å². The lowest BCUT2D eigenvalue weighted by molar-refractivity contribution is -0.385. The Morgan fingerprint density at radius 2 is 1.77 bits per heavy atom. The van der Waals surface area contributed by atoms with Gasteiger partial charge in [0.2, 0.25) is 10.0 Å². The van der Waals surface area contributed by atoms with E-state index < -0.39 is 20.9 Å². The molecule has 1 amide bonds. The molecular weight excluding hydrogens is 358 g/mol. The number of nitro groups is 1. The summed E-state index contributed by atoms with van der Waals surface area (Å²) in [6, 6.07) is 11.7. The van der Waals surface area contributed by atoms with E-state index in [0.29, 0.717) is 5.56 Å². The third-order valence-corrected chi connectivity index (χ3v) is 5.49. The highest BCUT2D eigenvalue weighted by molar-refractivity contribution is 7.89. The van der Waals surface area contributed by atoms with Crippen molar-refractivity contribution >= 4 is 21.6 Å². The Labute approximate surface area is 150 Å². The Kier molecular flexibility index (Phi) is 5.01. The number of nitrogens with one attached hydrogen (secondary N) is 2. The molecule has 26 heavy (non-hydrogen) atoms. The molecule has 1 saturated carbocycles. The average Bonchev–Trinajstić information content (AvgIpc) is 3.43. The molecule has 0 aliphatic heterocycles. The Morgan fingerprint density at radius 1 is 1.12 bits per heavy atom. The van der Waals surface area contributed by atoms with Crippen molar-refractivity contribution in [1.82, 2.24) is 10.0 Å². The van der Waals surface area contributed by atoms with Crippen molar-refractivity contribution < 1.29 is 18.1 Å². The van der Waals surface area contributed by atoms with Gasteiger partial charge in [-0.1, -0.05) is 18.2 Å². The van der Waals surface area contributed by atoms with Crippen LogP contribution in [0.15, 0.2) is 53.4 Å². The minimum atomic E-state index is -3.57. The van der Waals surface area contributed by atoms with E-state index in [4.69, 9.17) is 0 Å². The van der Waals surface area contributed by atoms with Crippen molar-refractivity contribution in [2.75, 3.05) is 0 Å². The number of para-hydroxylation sites is 1. The van der Waals surface area contributed by atoms with Crippen LogP contribution in [0.2, 0.25) is 0 Å². The molecule has 2 aromatic carbocycles. The van der Waals surface area contributed by atoms with E-state index in [1.54, 1.807) is 18.2 Å². The van der Waals surface area contributed by atoms with Gasteiger partial charge in [-0.25, -0.2) is 13.1 Å². The number of amides is 1. The first-order chi connectivity index (χ1) is 12.4. The highest BCUT2D eigenvalue weighted by Gasteiger charge is 2.28. The fourth-order valence-electron chi connectivity index (χ4n) is 2.39. The number of hydrogen-bond acceptors (Lipinski definition) is 5. The lowest BCUT2D eigenvalue weighted by Gasteiger charge is -2.08. The van der Waals surface area contributed by atoms with Crippen LogP contribution in [0.5, 0.6) is 0 Å². The van der Waals surface area contributed by atoms with E-state index in [2.05, 4.69) is 10.0 Å². The monoisotopic (exact) mass is 375 g/mol. The van der Waals surface area contributed by atoms with Gasteiger partial charge in [0.15, 0.2) is 0 Å². The van der Waals surface area contributed by atoms with E-state index in [-0.39, 0.29) is 28.7 Å². The molecule has 0 heterocycles. The van der Waals surface area contributed by atoms with Crippen LogP contribution in [-0.4, -0.2) is 25.3 Å². The maximum Gasteiger partial charge on any atom is 0.274 e. The second-order valence-electron chi connectivity index (χ2n) is 5.99. The van der Waals surface area contributed by atoms with E-state index in [0.717, 1.165) is 12.8 Å². The van der Waals surface area contributed by atoms with Gasteiger partial charge in [0.05, 0.1) is 9.82 Å². The molecule has 0 aromatic heterocycles. The van der Waals surface area contributed by atoms with Gasteiger partial charge in [-0.15, -0.1) is 0 Å². The molecule has 1 aliphatic rings. The summed E-state index contributed by atoms with van der Waals surface area (Å²) in [6.07, 6.45) is 1.68. The average molecular weight is 375 g/mol. The maximum absolute atomic E-state index is 12.2. The van der Waals surface area contributed by atoms with Gasteiger partial charge >= 0.3 is 0 Å². The molecule has 2 aromatic rings.